The highest BCUT2D eigenvalue weighted by Gasteiger charge is 2.29. The van der Waals surface area contributed by atoms with Crippen molar-refractivity contribution in [3.05, 3.63) is 151 Å². The average Bonchev–Trinajstić information content (AvgIpc) is 2.98. The number of nitrogens with zero attached hydrogens (tertiary/aromatic N) is 2. The van der Waals surface area contributed by atoms with E-state index in [1.54, 1.807) is 0 Å². The number of halogens is 1. The Hall–Kier alpha value is -3.97. The second kappa shape index (κ2) is 10.2. The van der Waals surface area contributed by atoms with Crippen molar-refractivity contribution < 1.29 is 0 Å². The number of rotatable bonds is 5. The van der Waals surface area contributed by atoms with Gasteiger partial charge in [-0.3, -0.25) is 0 Å². The molecule has 6 aromatic rings. The third-order valence-electron chi connectivity index (χ3n) is 6.51. The predicted octanol–water partition coefficient (Wildman–Crippen LogP) is 8.36. The fraction of sp³-hybridized carbons (Fsp3) is 0. The van der Waals surface area contributed by atoms with Crippen molar-refractivity contribution in [1.29, 1.82) is 0 Å². The summed E-state index contributed by atoms with van der Waals surface area (Å²) in [6.45, 7) is 0. The van der Waals surface area contributed by atoms with Crippen LogP contribution >= 0.6 is 18.7 Å². The van der Waals surface area contributed by atoms with Crippen LogP contribution in [0.5, 0.6) is 0 Å². The molecular formula is C33H24ClN2P. The van der Waals surface area contributed by atoms with Gasteiger partial charge in [-0.05, 0) is 11.6 Å². The minimum atomic E-state index is -2.52. The third kappa shape index (κ3) is 4.29. The Morgan fingerprint density at radius 2 is 0.946 bits per heavy atom. The van der Waals surface area contributed by atoms with E-state index in [0.29, 0.717) is 10.8 Å². The van der Waals surface area contributed by atoms with Gasteiger partial charge in [0.2, 0.25) is 0 Å². The van der Waals surface area contributed by atoms with Crippen molar-refractivity contribution in [3.8, 4) is 11.1 Å². The van der Waals surface area contributed by atoms with Crippen LogP contribution in [0.4, 0.5) is 5.82 Å². The van der Waals surface area contributed by atoms with Gasteiger partial charge in [0.25, 0.3) is 0 Å². The van der Waals surface area contributed by atoms with Crippen LogP contribution in [0.15, 0.2) is 150 Å². The molecule has 0 aliphatic heterocycles. The molecule has 0 saturated heterocycles. The number of hydrogen-bond acceptors (Lipinski definition) is 2. The third-order valence-corrected chi connectivity index (χ3v) is 10.5. The molecule has 37 heavy (non-hydrogen) atoms. The van der Waals surface area contributed by atoms with Crippen molar-refractivity contribution >= 4 is 51.3 Å². The van der Waals surface area contributed by atoms with E-state index in [1.165, 1.54) is 0 Å². The monoisotopic (exact) mass is 514 g/mol. The SMILES string of the molecule is Clc1c(-c2ccccc2)c(N=P(c2ccccc2)(c2ccccc2)c2ccccc2)nc2ccccc12. The lowest BCUT2D eigenvalue weighted by atomic mass is 10.0. The highest BCUT2D eigenvalue weighted by molar-refractivity contribution is 7.87. The highest BCUT2D eigenvalue weighted by atomic mass is 35.5. The quantitative estimate of drug-likeness (QED) is 0.212. The topological polar surface area (TPSA) is 25.2 Å². The average molecular weight is 515 g/mol. The zero-order chi connectivity index (χ0) is 25.1. The number of hydrogen-bond donors (Lipinski definition) is 0. The normalized spacial score (nSPS) is 11.4. The van der Waals surface area contributed by atoms with Crippen LogP contribution in [0.2, 0.25) is 5.02 Å². The summed E-state index contributed by atoms with van der Waals surface area (Å²) in [7, 11) is -2.52. The zero-order valence-corrected chi connectivity index (χ0v) is 21.7. The molecular weight excluding hydrogens is 491 g/mol. The lowest BCUT2D eigenvalue weighted by molar-refractivity contribution is 1.34. The molecule has 5 aromatic carbocycles. The molecule has 1 heterocycles. The molecule has 0 saturated carbocycles. The Labute approximate surface area is 222 Å². The lowest BCUT2D eigenvalue weighted by Crippen LogP contribution is -2.25. The summed E-state index contributed by atoms with van der Waals surface area (Å²) in [6, 6.07) is 50.0. The molecule has 0 spiro atoms. The fourth-order valence-corrected chi connectivity index (χ4v) is 8.62. The molecule has 0 bridgehead atoms. The van der Waals surface area contributed by atoms with E-state index < -0.39 is 7.05 Å². The number of para-hydroxylation sites is 1. The molecule has 0 atom stereocenters. The number of benzene rings is 5. The maximum atomic E-state index is 7.16. The maximum Gasteiger partial charge on any atom is 0.161 e. The summed E-state index contributed by atoms with van der Waals surface area (Å²) in [5, 5.41) is 5.08. The van der Waals surface area contributed by atoms with Crippen molar-refractivity contribution in [2.75, 3.05) is 0 Å². The first-order chi connectivity index (χ1) is 18.3. The van der Waals surface area contributed by atoms with Gasteiger partial charge in [-0.1, -0.05) is 151 Å². The Bertz CT molecular complexity index is 1620. The minimum Gasteiger partial charge on any atom is -0.234 e. The van der Waals surface area contributed by atoms with Crippen LogP contribution in [-0.2, 0) is 0 Å². The van der Waals surface area contributed by atoms with Crippen LogP contribution < -0.4 is 15.9 Å². The van der Waals surface area contributed by atoms with Crippen LogP contribution in [0.25, 0.3) is 22.0 Å². The van der Waals surface area contributed by atoms with E-state index >= 15 is 0 Å². The molecule has 0 fully saturated rings. The maximum absolute atomic E-state index is 7.16. The number of aromatic nitrogens is 1. The Morgan fingerprint density at radius 1 is 0.514 bits per heavy atom. The molecule has 4 heteroatoms. The Morgan fingerprint density at radius 3 is 1.46 bits per heavy atom. The number of pyridine rings is 1. The zero-order valence-electron chi connectivity index (χ0n) is 20.1. The Kier molecular flexibility index (Phi) is 6.45. The molecule has 0 radical (unpaired) electrons. The predicted molar refractivity (Wildman–Crippen MR) is 159 cm³/mol. The van der Waals surface area contributed by atoms with Gasteiger partial charge in [-0.15, -0.1) is 0 Å². The van der Waals surface area contributed by atoms with Crippen LogP contribution in [0.1, 0.15) is 0 Å². The van der Waals surface area contributed by atoms with Gasteiger partial charge >= 0.3 is 0 Å². The first kappa shape index (κ1) is 23.4. The largest absolute Gasteiger partial charge is 0.234 e. The second-order valence-electron chi connectivity index (χ2n) is 8.75. The van der Waals surface area contributed by atoms with E-state index in [4.69, 9.17) is 21.3 Å². The van der Waals surface area contributed by atoms with Gasteiger partial charge in [-0.25, -0.2) is 9.73 Å². The second-order valence-corrected chi connectivity index (χ2v) is 12.1. The molecule has 0 aliphatic rings. The van der Waals surface area contributed by atoms with E-state index in [9.17, 15) is 0 Å². The molecule has 2 nitrogen and oxygen atoms in total. The van der Waals surface area contributed by atoms with Gasteiger partial charge in [-0.2, -0.15) is 0 Å². The van der Waals surface area contributed by atoms with Gasteiger partial charge < -0.3 is 0 Å². The van der Waals surface area contributed by atoms with Crippen LogP contribution in [-0.4, -0.2) is 4.98 Å². The molecule has 178 valence electrons. The summed E-state index contributed by atoms with van der Waals surface area (Å²) in [4.78, 5) is 5.15. The molecule has 6 rings (SSSR count). The molecule has 0 unspecified atom stereocenters. The highest BCUT2D eigenvalue weighted by Crippen LogP contribution is 2.52. The van der Waals surface area contributed by atoms with E-state index in [2.05, 4.69) is 103 Å². The molecule has 0 N–H and O–H groups in total. The van der Waals surface area contributed by atoms with Crippen molar-refractivity contribution in [1.82, 2.24) is 4.98 Å². The first-order valence-electron chi connectivity index (χ1n) is 12.2. The fourth-order valence-electron chi connectivity index (χ4n) is 4.79. The first-order valence-corrected chi connectivity index (χ1v) is 14.3. The van der Waals surface area contributed by atoms with E-state index in [0.717, 1.165) is 37.9 Å². The summed E-state index contributed by atoms with van der Waals surface area (Å²) in [5.74, 6) is 0.653. The lowest BCUT2D eigenvalue weighted by Gasteiger charge is -2.27. The van der Waals surface area contributed by atoms with Gasteiger partial charge in [0.15, 0.2) is 5.82 Å². The Balaban J connectivity index is 1.81. The van der Waals surface area contributed by atoms with Crippen molar-refractivity contribution in [2.24, 2.45) is 4.74 Å². The van der Waals surface area contributed by atoms with E-state index in [-0.39, 0.29) is 0 Å². The molecule has 1 aromatic heterocycles. The minimum absolute atomic E-state index is 0.653. The van der Waals surface area contributed by atoms with Gasteiger partial charge in [0.05, 0.1) is 17.6 Å². The summed E-state index contributed by atoms with van der Waals surface area (Å²) in [5.41, 5.74) is 2.68. The standard InChI is InChI=1S/C33H24ClN2P/c34-32-29-23-13-14-24-30(29)35-33(31(32)25-15-5-1-6-16-25)36-37(26-17-7-2-8-18-26,27-19-9-3-10-20-27)28-21-11-4-12-22-28/h1-24H. The van der Waals surface area contributed by atoms with Gasteiger partial charge in [0.1, 0.15) is 0 Å². The van der Waals surface area contributed by atoms with Crippen LogP contribution in [0.3, 0.4) is 0 Å². The summed E-state index contributed by atoms with van der Waals surface area (Å²) >= 11 is 7.16. The summed E-state index contributed by atoms with van der Waals surface area (Å²) in [6.07, 6.45) is 0. The van der Waals surface area contributed by atoms with Gasteiger partial charge in [0, 0.05) is 26.9 Å². The smallest absolute Gasteiger partial charge is 0.161 e. The van der Waals surface area contributed by atoms with E-state index in [1.807, 2.05) is 42.5 Å². The van der Waals surface area contributed by atoms with Crippen molar-refractivity contribution in [2.45, 2.75) is 0 Å². The molecule has 0 aliphatic carbocycles. The summed E-state index contributed by atoms with van der Waals surface area (Å²) < 4.78 is 5.70. The van der Waals surface area contributed by atoms with Crippen LogP contribution in [0, 0.1) is 0 Å². The van der Waals surface area contributed by atoms with Crippen molar-refractivity contribution in [3.63, 3.8) is 0 Å². The number of fused-ring (bicyclic) bond motifs is 1. The molecule has 0 amide bonds.